The maximum atomic E-state index is 6.51. The molecule has 0 fully saturated rings. The third-order valence-electron chi connectivity index (χ3n) is 16.9. The van der Waals surface area contributed by atoms with E-state index < -0.39 is 0 Å². The molecule has 0 saturated carbocycles. The maximum Gasteiger partial charge on any atom is 0.160 e. The first-order valence-electron chi connectivity index (χ1n) is 27.9. The molecular weight excluding hydrogens is 1000 g/mol. The van der Waals surface area contributed by atoms with Crippen molar-refractivity contribution in [3.05, 3.63) is 300 Å². The van der Waals surface area contributed by atoms with Crippen molar-refractivity contribution in [2.75, 3.05) is 0 Å². The summed E-state index contributed by atoms with van der Waals surface area (Å²) in [7, 11) is 0. The van der Waals surface area contributed by atoms with Gasteiger partial charge < -0.3 is 8.83 Å². The van der Waals surface area contributed by atoms with Gasteiger partial charge in [-0.05, 0) is 93.0 Å². The first-order chi connectivity index (χ1) is 40.6. The number of aromatic nitrogens is 4. The monoisotopic (exact) mass is 1050 g/mol. The van der Waals surface area contributed by atoms with Crippen molar-refractivity contribution in [1.82, 2.24) is 19.9 Å². The molecule has 15 aromatic rings. The average molecular weight is 1050 g/mol. The van der Waals surface area contributed by atoms with E-state index in [9.17, 15) is 0 Å². The van der Waals surface area contributed by atoms with Crippen LogP contribution >= 0.6 is 0 Å². The maximum absolute atomic E-state index is 6.51. The summed E-state index contributed by atoms with van der Waals surface area (Å²) in [5.74, 6) is 1.36. The van der Waals surface area contributed by atoms with Crippen molar-refractivity contribution < 1.29 is 8.83 Å². The molecule has 4 heterocycles. The molecule has 382 valence electrons. The van der Waals surface area contributed by atoms with Crippen LogP contribution in [0.3, 0.4) is 0 Å². The molecule has 2 bridgehead atoms. The first-order valence-corrected chi connectivity index (χ1v) is 27.9. The molecule has 0 spiro atoms. The van der Waals surface area contributed by atoms with Gasteiger partial charge in [-0.3, -0.25) is 0 Å². The molecule has 82 heavy (non-hydrogen) atoms. The molecule has 3 aliphatic carbocycles. The van der Waals surface area contributed by atoms with E-state index in [1.807, 2.05) is 36.4 Å². The minimum atomic E-state index is 0.000644. The molecule has 0 aliphatic heterocycles. The SMILES string of the molecule is c1ccc(-c2cc(-c3cccc(-c4cccc5c4oc4ccccc45)c3)nc(-c3ccc4c(c3)C3c5ccccc5C4c4cc(-c5nc(-c6ccccc6)cc(-c6cccc(-c7cccc8c7oc7ccccc78)c6)n5)ccc43)n2)cc1. The summed E-state index contributed by atoms with van der Waals surface area (Å²) in [5.41, 5.74) is 24.9. The van der Waals surface area contributed by atoms with Crippen LogP contribution in [0.1, 0.15) is 45.2 Å². The largest absolute Gasteiger partial charge is 0.455 e. The number of nitrogens with zero attached hydrogens (tertiary/aromatic N) is 4. The molecule has 2 atom stereocenters. The van der Waals surface area contributed by atoms with E-state index >= 15 is 0 Å². The van der Waals surface area contributed by atoms with E-state index in [1.165, 1.54) is 33.4 Å². The van der Waals surface area contributed by atoms with Gasteiger partial charge in [-0.1, -0.05) is 218 Å². The van der Waals surface area contributed by atoms with Crippen LogP contribution in [0.4, 0.5) is 0 Å². The third-order valence-corrected chi connectivity index (χ3v) is 16.9. The Morgan fingerprint density at radius 1 is 0.232 bits per heavy atom. The number of benzene rings is 11. The minimum Gasteiger partial charge on any atom is -0.455 e. The molecule has 0 saturated heterocycles. The van der Waals surface area contributed by atoms with Crippen LogP contribution in [0, 0.1) is 0 Å². The van der Waals surface area contributed by atoms with E-state index in [0.717, 1.165) is 122 Å². The Bertz CT molecular complexity index is 4760. The Morgan fingerprint density at radius 3 is 1.05 bits per heavy atom. The lowest BCUT2D eigenvalue weighted by Crippen LogP contribution is -2.27. The molecule has 18 rings (SSSR count). The van der Waals surface area contributed by atoms with Gasteiger partial charge in [0.1, 0.15) is 22.3 Å². The quantitative estimate of drug-likeness (QED) is 0.151. The van der Waals surface area contributed by atoms with Gasteiger partial charge in [0.05, 0.1) is 22.8 Å². The Labute approximate surface area is 472 Å². The van der Waals surface area contributed by atoms with Crippen LogP contribution in [0.5, 0.6) is 0 Å². The molecule has 0 N–H and O–H groups in total. The van der Waals surface area contributed by atoms with Crippen LogP contribution in [0.15, 0.2) is 276 Å². The molecule has 6 nitrogen and oxygen atoms in total. The van der Waals surface area contributed by atoms with Gasteiger partial charge >= 0.3 is 0 Å². The fraction of sp³-hybridized carbons (Fsp3) is 0.0263. The fourth-order valence-corrected chi connectivity index (χ4v) is 13.1. The second kappa shape index (κ2) is 18.4. The normalized spacial score (nSPS) is 14.1. The highest BCUT2D eigenvalue weighted by Gasteiger charge is 2.41. The van der Waals surface area contributed by atoms with Crippen molar-refractivity contribution in [2.24, 2.45) is 0 Å². The molecule has 3 aliphatic rings. The van der Waals surface area contributed by atoms with Crippen LogP contribution in [0.2, 0.25) is 0 Å². The number of hydrogen-bond acceptors (Lipinski definition) is 6. The lowest BCUT2D eigenvalue weighted by atomic mass is 9.61. The number of fused-ring (bicyclic) bond motifs is 6. The van der Waals surface area contributed by atoms with Crippen LogP contribution in [-0.4, -0.2) is 19.9 Å². The summed E-state index contributed by atoms with van der Waals surface area (Å²) in [6.45, 7) is 0. The Balaban J connectivity index is 0.765. The van der Waals surface area contributed by atoms with Gasteiger partial charge in [-0.2, -0.15) is 0 Å². The van der Waals surface area contributed by atoms with E-state index in [0.29, 0.717) is 11.6 Å². The van der Waals surface area contributed by atoms with Crippen molar-refractivity contribution in [3.8, 4) is 90.1 Å². The van der Waals surface area contributed by atoms with Crippen LogP contribution in [-0.2, 0) is 0 Å². The minimum absolute atomic E-state index is 0.000644. The molecule has 0 radical (unpaired) electrons. The van der Waals surface area contributed by atoms with E-state index in [4.69, 9.17) is 28.8 Å². The predicted molar refractivity (Wildman–Crippen MR) is 330 cm³/mol. The van der Waals surface area contributed by atoms with Crippen molar-refractivity contribution in [1.29, 1.82) is 0 Å². The van der Waals surface area contributed by atoms with E-state index in [1.54, 1.807) is 0 Å². The van der Waals surface area contributed by atoms with Gasteiger partial charge in [0.2, 0.25) is 0 Å². The molecule has 4 aromatic heterocycles. The lowest BCUT2D eigenvalue weighted by Gasteiger charge is -2.42. The highest BCUT2D eigenvalue weighted by molar-refractivity contribution is 6.11. The van der Waals surface area contributed by atoms with Crippen molar-refractivity contribution in [2.45, 2.75) is 11.8 Å². The zero-order chi connectivity index (χ0) is 53.8. The number of rotatable bonds is 8. The van der Waals surface area contributed by atoms with Crippen LogP contribution in [0.25, 0.3) is 134 Å². The number of hydrogen-bond donors (Lipinski definition) is 0. The first kappa shape index (κ1) is 46.1. The Morgan fingerprint density at radius 2 is 0.585 bits per heavy atom. The summed E-state index contributed by atoms with van der Waals surface area (Å²) < 4.78 is 13.0. The predicted octanol–water partition coefficient (Wildman–Crippen LogP) is 19.4. The summed E-state index contributed by atoms with van der Waals surface area (Å²) in [5, 5.41) is 4.43. The molecule has 0 amide bonds. The van der Waals surface area contributed by atoms with Crippen LogP contribution < -0.4 is 0 Å². The molecule has 6 heteroatoms. The van der Waals surface area contributed by atoms with Gasteiger partial charge in [0, 0.05) is 77.9 Å². The van der Waals surface area contributed by atoms with Crippen molar-refractivity contribution in [3.63, 3.8) is 0 Å². The number of furan rings is 2. The summed E-state index contributed by atoms with van der Waals surface area (Å²) in [6.07, 6.45) is 0. The standard InChI is InChI=1S/C76H46N4O2/c1-3-17-45(18-4-1)65-43-67(49-23-13-21-47(39-49)53-29-15-31-61-55-25-9-11-33-69(55)81-73(53)61)79-75(77-65)51-35-37-59-63(41-51)71-57-27-7-8-28-58(57)72(59)64-42-52(36-38-60(64)71)76-78-66(46-19-5-2-6-20-46)44-68(80-76)50-24-14-22-48(40-50)54-30-16-32-62-56-26-10-12-34-70(56)82-74(54)62/h1-44,71-72H. The van der Waals surface area contributed by atoms with Crippen molar-refractivity contribution >= 4 is 43.9 Å². The topological polar surface area (TPSA) is 77.8 Å². The Hall–Kier alpha value is -10.8. The second-order valence-electron chi connectivity index (χ2n) is 21.6. The zero-order valence-electron chi connectivity index (χ0n) is 44.2. The smallest absolute Gasteiger partial charge is 0.160 e. The highest BCUT2D eigenvalue weighted by atomic mass is 16.3. The molecule has 2 unspecified atom stereocenters. The van der Waals surface area contributed by atoms with Gasteiger partial charge in [0.25, 0.3) is 0 Å². The van der Waals surface area contributed by atoms with E-state index in [-0.39, 0.29) is 11.8 Å². The summed E-state index contributed by atoms with van der Waals surface area (Å²) in [6, 6.07) is 94.4. The highest BCUT2D eigenvalue weighted by Crippen LogP contribution is 2.57. The zero-order valence-corrected chi connectivity index (χ0v) is 44.2. The molecule has 11 aromatic carbocycles. The summed E-state index contributed by atoms with van der Waals surface area (Å²) >= 11 is 0. The average Bonchev–Trinajstić information content (AvgIpc) is 3.98. The van der Waals surface area contributed by atoms with Gasteiger partial charge in [0.15, 0.2) is 11.6 Å². The molecular formula is C76H46N4O2. The summed E-state index contributed by atoms with van der Waals surface area (Å²) in [4.78, 5) is 21.5. The van der Waals surface area contributed by atoms with Gasteiger partial charge in [-0.15, -0.1) is 0 Å². The van der Waals surface area contributed by atoms with E-state index in [2.05, 4.69) is 231 Å². The van der Waals surface area contributed by atoms with Gasteiger partial charge in [-0.25, -0.2) is 19.9 Å². The lowest BCUT2D eigenvalue weighted by molar-refractivity contribution is 0.669. The third kappa shape index (κ3) is 7.42. The number of para-hydroxylation sites is 4. The second-order valence-corrected chi connectivity index (χ2v) is 21.6. The Kier molecular flexibility index (Phi) is 10.3. The fourth-order valence-electron chi connectivity index (χ4n) is 13.1.